The van der Waals surface area contributed by atoms with Crippen molar-refractivity contribution in [1.29, 1.82) is 5.26 Å². The van der Waals surface area contributed by atoms with Gasteiger partial charge in [-0.3, -0.25) is 0 Å². The van der Waals surface area contributed by atoms with E-state index in [1.54, 1.807) is 6.07 Å². The van der Waals surface area contributed by atoms with Gasteiger partial charge in [-0.2, -0.15) is 5.26 Å². The van der Waals surface area contributed by atoms with Crippen molar-refractivity contribution in [2.24, 2.45) is 0 Å². The Morgan fingerprint density at radius 1 is 1.60 bits per heavy atom. The lowest BCUT2D eigenvalue weighted by Gasteiger charge is -2.32. The molecule has 4 heteroatoms. The van der Waals surface area contributed by atoms with E-state index in [1.165, 1.54) is 0 Å². The maximum absolute atomic E-state index is 8.77. The summed E-state index contributed by atoms with van der Waals surface area (Å²) in [7, 11) is 0. The molecular weight excluding hydrogens is 188 g/mol. The number of piperazine rings is 1. The van der Waals surface area contributed by atoms with Crippen LogP contribution in [0.2, 0.25) is 0 Å². The highest BCUT2D eigenvalue weighted by atomic mass is 15.2. The molecule has 0 unspecified atom stereocenters. The predicted molar refractivity (Wildman–Crippen MR) is 58.6 cm³/mol. The zero-order valence-corrected chi connectivity index (χ0v) is 8.77. The van der Waals surface area contributed by atoms with Crippen molar-refractivity contribution >= 4 is 5.82 Å². The lowest BCUT2D eigenvalue weighted by molar-refractivity contribution is 0.482. The summed E-state index contributed by atoms with van der Waals surface area (Å²) in [4.78, 5) is 6.50. The van der Waals surface area contributed by atoms with Crippen molar-refractivity contribution in [3.05, 3.63) is 23.9 Å². The minimum absolute atomic E-state index is 0.478. The third kappa shape index (κ3) is 2.25. The molecule has 1 atom stereocenters. The summed E-state index contributed by atoms with van der Waals surface area (Å²) in [5.74, 6) is 0.905. The molecule has 15 heavy (non-hydrogen) atoms. The predicted octanol–water partition coefficient (Wildman–Crippen LogP) is 0.751. The van der Waals surface area contributed by atoms with Gasteiger partial charge >= 0.3 is 0 Å². The molecular formula is C11H14N4. The van der Waals surface area contributed by atoms with E-state index in [4.69, 9.17) is 5.26 Å². The number of nitrogens with zero attached hydrogens (tertiary/aromatic N) is 3. The summed E-state index contributed by atoms with van der Waals surface area (Å²) in [6, 6.07) is 8.11. The smallest absolute Gasteiger partial charge is 0.142 e. The van der Waals surface area contributed by atoms with Gasteiger partial charge in [-0.1, -0.05) is 6.07 Å². The van der Waals surface area contributed by atoms with Crippen LogP contribution in [0, 0.1) is 11.3 Å². The molecule has 0 aliphatic carbocycles. The first-order valence-electron chi connectivity index (χ1n) is 5.15. The molecule has 78 valence electrons. The molecule has 1 N–H and O–H groups in total. The van der Waals surface area contributed by atoms with E-state index in [0.717, 1.165) is 25.5 Å². The Hall–Kier alpha value is -1.60. The first kappa shape index (κ1) is 9.94. The lowest BCUT2D eigenvalue weighted by atomic mass is 10.2. The lowest BCUT2D eigenvalue weighted by Crippen LogP contribution is -2.49. The second kappa shape index (κ2) is 4.28. The summed E-state index contributed by atoms with van der Waals surface area (Å²) >= 11 is 0. The van der Waals surface area contributed by atoms with Gasteiger partial charge in [0.05, 0.1) is 0 Å². The standard InChI is InChI=1S/C11H14N4/c1-9-8-15(6-5-13-9)11-4-2-3-10(7-12)14-11/h2-4,9,13H,5-6,8H2,1H3/t9-/m0/s1. The molecule has 1 aliphatic heterocycles. The largest absolute Gasteiger partial charge is 0.354 e. The number of pyridine rings is 1. The minimum Gasteiger partial charge on any atom is -0.354 e. The fourth-order valence-corrected chi connectivity index (χ4v) is 1.80. The highest BCUT2D eigenvalue weighted by Gasteiger charge is 2.16. The van der Waals surface area contributed by atoms with Gasteiger partial charge in [0, 0.05) is 25.7 Å². The van der Waals surface area contributed by atoms with E-state index in [9.17, 15) is 0 Å². The van der Waals surface area contributed by atoms with Crippen LogP contribution in [-0.2, 0) is 0 Å². The van der Waals surface area contributed by atoms with Crippen molar-refractivity contribution in [2.45, 2.75) is 13.0 Å². The molecule has 0 bridgehead atoms. The number of nitriles is 1. The van der Waals surface area contributed by atoms with Crippen LogP contribution < -0.4 is 10.2 Å². The van der Waals surface area contributed by atoms with E-state index < -0.39 is 0 Å². The van der Waals surface area contributed by atoms with Gasteiger partial charge in [-0.15, -0.1) is 0 Å². The van der Waals surface area contributed by atoms with Crippen LogP contribution in [0.3, 0.4) is 0 Å². The summed E-state index contributed by atoms with van der Waals surface area (Å²) in [6.07, 6.45) is 0. The molecule has 4 nitrogen and oxygen atoms in total. The van der Waals surface area contributed by atoms with E-state index in [1.807, 2.05) is 12.1 Å². The average Bonchev–Trinajstić information content (AvgIpc) is 2.29. The minimum atomic E-state index is 0.478. The second-order valence-corrected chi connectivity index (χ2v) is 3.79. The number of hydrogen-bond acceptors (Lipinski definition) is 4. The molecule has 1 aromatic heterocycles. The van der Waals surface area contributed by atoms with Gasteiger partial charge in [0.25, 0.3) is 0 Å². The topological polar surface area (TPSA) is 52.0 Å². The Labute approximate surface area is 89.5 Å². The van der Waals surface area contributed by atoms with Crippen molar-refractivity contribution in [3.63, 3.8) is 0 Å². The van der Waals surface area contributed by atoms with Gasteiger partial charge < -0.3 is 10.2 Å². The Bertz CT molecular complexity index is 382. The van der Waals surface area contributed by atoms with Crippen LogP contribution in [0.4, 0.5) is 5.82 Å². The maximum atomic E-state index is 8.77. The van der Waals surface area contributed by atoms with Gasteiger partial charge in [0.2, 0.25) is 0 Å². The maximum Gasteiger partial charge on any atom is 0.142 e. The Morgan fingerprint density at radius 2 is 2.47 bits per heavy atom. The second-order valence-electron chi connectivity index (χ2n) is 3.79. The molecule has 0 radical (unpaired) electrons. The third-order valence-corrected chi connectivity index (χ3v) is 2.54. The van der Waals surface area contributed by atoms with Crippen LogP contribution >= 0.6 is 0 Å². The summed E-state index contributed by atoms with van der Waals surface area (Å²) in [5, 5.41) is 12.1. The Balaban J connectivity index is 2.18. The van der Waals surface area contributed by atoms with Crippen molar-refractivity contribution in [2.75, 3.05) is 24.5 Å². The Kier molecular flexibility index (Phi) is 2.84. The van der Waals surface area contributed by atoms with E-state index in [-0.39, 0.29) is 0 Å². The quantitative estimate of drug-likeness (QED) is 0.730. The summed E-state index contributed by atoms with van der Waals surface area (Å²) in [5.41, 5.74) is 0.485. The van der Waals surface area contributed by atoms with Gasteiger partial charge in [0.1, 0.15) is 17.6 Å². The van der Waals surface area contributed by atoms with Crippen LogP contribution in [0.15, 0.2) is 18.2 Å². The fraction of sp³-hybridized carbons (Fsp3) is 0.455. The Morgan fingerprint density at radius 3 is 3.20 bits per heavy atom. The fourth-order valence-electron chi connectivity index (χ4n) is 1.80. The number of hydrogen-bond donors (Lipinski definition) is 1. The van der Waals surface area contributed by atoms with Gasteiger partial charge in [-0.05, 0) is 19.1 Å². The zero-order valence-electron chi connectivity index (χ0n) is 8.77. The van der Waals surface area contributed by atoms with E-state index in [0.29, 0.717) is 11.7 Å². The molecule has 2 heterocycles. The number of anilines is 1. The molecule has 0 aromatic carbocycles. The first-order valence-corrected chi connectivity index (χ1v) is 5.15. The first-order chi connectivity index (χ1) is 7.29. The molecule has 2 rings (SSSR count). The zero-order chi connectivity index (χ0) is 10.7. The molecule has 1 aromatic rings. The molecule has 1 aliphatic rings. The number of nitrogens with one attached hydrogen (secondary N) is 1. The average molecular weight is 202 g/mol. The molecule has 1 saturated heterocycles. The van der Waals surface area contributed by atoms with E-state index in [2.05, 4.69) is 28.2 Å². The van der Waals surface area contributed by atoms with Crippen molar-refractivity contribution in [3.8, 4) is 6.07 Å². The van der Waals surface area contributed by atoms with E-state index >= 15 is 0 Å². The van der Waals surface area contributed by atoms with Crippen molar-refractivity contribution in [1.82, 2.24) is 10.3 Å². The van der Waals surface area contributed by atoms with Crippen LogP contribution in [0.5, 0.6) is 0 Å². The molecule has 1 fully saturated rings. The summed E-state index contributed by atoms with van der Waals surface area (Å²) < 4.78 is 0. The monoisotopic (exact) mass is 202 g/mol. The molecule has 0 spiro atoms. The SMILES string of the molecule is C[C@H]1CN(c2cccc(C#N)n2)CCN1. The highest BCUT2D eigenvalue weighted by molar-refractivity contribution is 5.42. The molecule has 0 saturated carbocycles. The third-order valence-electron chi connectivity index (χ3n) is 2.54. The summed E-state index contributed by atoms with van der Waals surface area (Å²) in [6.45, 7) is 5.02. The van der Waals surface area contributed by atoms with Crippen LogP contribution in [0.25, 0.3) is 0 Å². The normalized spacial score (nSPS) is 21.1. The number of rotatable bonds is 1. The van der Waals surface area contributed by atoms with Crippen LogP contribution in [-0.4, -0.2) is 30.7 Å². The number of aromatic nitrogens is 1. The molecule has 0 amide bonds. The highest BCUT2D eigenvalue weighted by Crippen LogP contribution is 2.13. The van der Waals surface area contributed by atoms with Gasteiger partial charge in [0.15, 0.2) is 0 Å². The van der Waals surface area contributed by atoms with Crippen molar-refractivity contribution < 1.29 is 0 Å². The van der Waals surface area contributed by atoms with Crippen LogP contribution in [0.1, 0.15) is 12.6 Å². The van der Waals surface area contributed by atoms with Gasteiger partial charge in [-0.25, -0.2) is 4.98 Å².